The molecular weight excluding hydrogens is 280 g/mol. The number of thioether (sulfide) groups is 1. The number of hydrogen-bond donors (Lipinski definition) is 1. The third-order valence-electron chi connectivity index (χ3n) is 2.68. The molecule has 104 valence electrons. The Balaban J connectivity index is 2.64. The third kappa shape index (κ3) is 2.55. The zero-order valence-corrected chi connectivity index (χ0v) is 11.7. The topological polar surface area (TPSA) is 72.8 Å². The molecule has 6 heteroatoms. The SMILES string of the molecule is COC(=O)C1=C(C(=O)OC)Sc2ccccc2C(O)=C1. The number of fused-ring (bicyclic) bond motifs is 1. The van der Waals surface area contributed by atoms with E-state index in [1.165, 1.54) is 20.3 Å². The van der Waals surface area contributed by atoms with Gasteiger partial charge in [-0.15, -0.1) is 0 Å². The van der Waals surface area contributed by atoms with E-state index in [0.717, 1.165) is 11.8 Å². The van der Waals surface area contributed by atoms with Gasteiger partial charge in [0, 0.05) is 10.5 Å². The molecule has 2 rings (SSSR count). The van der Waals surface area contributed by atoms with Gasteiger partial charge < -0.3 is 14.6 Å². The Hall–Kier alpha value is -2.21. The summed E-state index contributed by atoms with van der Waals surface area (Å²) >= 11 is 1.06. The van der Waals surface area contributed by atoms with Crippen molar-refractivity contribution in [2.24, 2.45) is 0 Å². The van der Waals surface area contributed by atoms with Crippen LogP contribution in [-0.4, -0.2) is 31.3 Å². The number of hydrogen-bond acceptors (Lipinski definition) is 6. The average Bonchev–Trinajstić information content (AvgIpc) is 2.63. The smallest absolute Gasteiger partial charge is 0.345 e. The van der Waals surface area contributed by atoms with Gasteiger partial charge in [-0.25, -0.2) is 9.59 Å². The fourth-order valence-corrected chi connectivity index (χ4v) is 2.79. The molecule has 0 aliphatic carbocycles. The summed E-state index contributed by atoms with van der Waals surface area (Å²) in [6.45, 7) is 0. The van der Waals surface area contributed by atoms with Crippen LogP contribution in [0.1, 0.15) is 5.56 Å². The average molecular weight is 292 g/mol. The molecular formula is C14H12O5S. The van der Waals surface area contributed by atoms with Gasteiger partial charge in [-0.05, 0) is 12.1 Å². The Bertz CT molecular complexity index is 630. The molecule has 20 heavy (non-hydrogen) atoms. The van der Waals surface area contributed by atoms with Crippen LogP contribution in [0.2, 0.25) is 0 Å². The lowest BCUT2D eigenvalue weighted by molar-refractivity contribution is -0.138. The minimum absolute atomic E-state index is 0.0296. The second-order valence-corrected chi connectivity index (χ2v) is 4.91. The van der Waals surface area contributed by atoms with Gasteiger partial charge in [0.1, 0.15) is 10.7 Å². The number of benzene rings is 1. The van der Waals surface area contributed by atoms with Gasteiger partial charge in [0.15, 0.2) is 0 Å². The molecule has 0 saturated carbocycles. The van der Waals surface area contributed by atoms with Crippen LogP contribution in [0.15, 0.2) is 45.7 Å². The Morgan fingerprint density at radius 1 is 1.10 bits per heavy atom. The highest BCUT2D eigenvalue weighted by Crippen LogP contribution is 2.38. The quantitative estimate of drug-likeness (QED) is 0.843. The molecule has 0 spiro atoms. The maximum atomic E-state index is 11.8. The van der Waals surface area contributed by atoms with Crippen molar-refractivity contribution in [1.29, 1.82) is 0 Å². The summed E-state index contributed by atoms with van der Waals surface area (Å²) in [4.78, 5) is 24.4. The minimum atomic E-state index is -0.711. The van der Waals surface area contributed by atoms with Gasteiger partial charge in [0.05, 0.1) is 19.8 Å². The molecule has 1 aromatic carbocycles. The monoisotopic (exact) mass is 292 g/mol. The molecule has 0 saturated heterocycles. The number of methoxy groups -OCH3 is 2. The van der Waals surface area contributed by atoms with Crippen LogP contribution in [0.25, 0.3) is 5.76 Å². The predicted octanol–water partition coefficient (Wildman–Crippen LogP) is 2.29. The van der Waals surface area contributed by atoms with E-state index in [-0.39, 0.29) is 16.2 Å². The third-order valence-corrected chi connectivity index (χ3v) is 3.84. The summed E-state index contributed by atoms with van der Waals surface area (Å²) < 4.78 is 9.33. The lowest BCUT2D eigenvalue weighted by Crippen LogP contribution is -2.11. The van der Waals surface area contributed by atoms with E-state index in [0.29, 0.717) is 10.5 Å². The van der Waals surface area contributed by atoms with Crippen LogP contribution in [0.3, 0.4) is 0 Å². The van der Waals surface area contributed by atoms with Crippen LogP contribution in [0, 0.1) is 0 Å². The van der Waals surface area contributed by atoms with Crippen LogP contribution in [0.4, 0.5) is 0 Å². The summed E-state index contributed by atoms with van der Waals surface area (Å²) in [5.74, 6) is -1.47. The van der Waals surface area contributed by atoms with Gasteiger partial charge in [-0.3, -0.25) is 0 Å². The number of carbonyl (C=O) groups is 2. The lowest BCUT2D eigenvalue weighted by atomic mass is 10.1. The van der Waals surface area contributed by atoms with Crippen molar-refractivity contribution in [2.75, 3.05) is 14.2 Å². The fourth-order valence-electron chi connectivity index (χ4n) is 1.72. The van der Waals surface area contributed by atoms with Gasteiger partial charge in [0.2, 0.25) is 0 Å². The lowest BCUT2D eigenvalue weighted by Gasteiger charge is -2.08. The normalized spacial score (nSPS) is 14.0. The number of ether oxygens (including phenoxy) is 2. The van der Waals surface area contributed by atoms with Crippen molar-refractivity contribution in [1.82, 2.24) is 0 Å². The molecule has 1 heterocycles. The number of aliphatic hydroxyl groups excluding tert-OH is 1. The molecule has 1 aliphatic heterocycles. The minimum Gasteiger partial charge on any atom is -0.507 e. The van der Waals surface area contributed by atoms with Gasteiger partial charge in [-0.1, -0.05) is 30.0 Å². The Kier molecular flexibility index (Phi) is 4.14. The second-order valence-electron chi connectivity index (χ2n) is 3.85. The largest absolute Gasteiger partial charge is 0.507 e. The van der Waals surface area contributed by atoms with E-state index in [9.17, 15) is 14.7 Å². The molecule has 0 bridgehead atoms. The molecule has 5 nitrogen and oxygen atoms in total. The Morgan fingerprint density at radius 2 is 1.75 bits per heavy atom. The molecule has 0 aromatic heterocycles. The van der Waals surface area contributed by atoms with Gasteiger partial charge in [0.25, 0.3) is 0 Å². The van der Waals surface area contributed by atoms with Gasteiger partial charge in [-0.2, -0.15) is 0 Å². The first-order valence-electron chi connectivity index (χ1n) is 5.67. The van der Waals surface area contributed by atoms with E-state index in [1.807, 2.05) is 0 Å². The summed E-state index contributed by atoms with van der Waals surface area (Å²) in [5.41, 5.74) is 0.510. The van der Waals surface area contributed by atoms with Gasteiger partial charge >= 0.3 is 11.9 Å². The number of aliphatic hydroxyl groups is 1. The highest BCUT2D eigenvalue weighted by Gasteiger charge is 2.27. The van der Waals surface area contributed by atoms with Crippen molar-refractivity contribution in [3.05, 3.63) is 46.4 Å². The molecule has 1 aromatic rings. The molecule has 0 fully saturated rings. The Labute approximate surface area is 119 Å². The molecule has 1 N–H and O–H groups in total. The molecule has 0 unspecified atom stereocenters. The van der Waals surface area contributed by atoms with Crippen molar-refractivity contribution in [3.63, 3.8) is 0 Å². The second kappa shape index (κ2) is 5.83. The molecule has 1 aliphatic rings. The van der Waals surface area contributed by atoms with Crippen LogP contribution in [0.5, 0.6) is 0 Å². The maximum absolute atomic E-state index is 11.8. The van der Waals surface area contributed by atoms with Crippen molar-refractivity contribution in [3.8, 4) is 0 Å². The predicted molar refractivity (Wildman–Crippen MR) is 74.0 cm³/mol. The van der Waals surface area contributed by atoms with E-state index in [4.69, 9.17) is 0 Å². The van der Waals surface area contributed by atoms with Crippen LogP contribution < -0.4 is 0 Å². The van der Waals surface area contributed by atoms with Crippen LogP contribution >= 0.6 is 11.8 Å². The summed E-state index contributed by atoms with van der Waals surface area (Å²) in [6, 6.07) is 6.97. The van der Waals surface area contributed by atoms with Crippen molar-refractivity contribution in [2.45, 2.75) is 4.90 Å². The maximum Gasteiger partial charge on any atom is 0.345 e. The number of esters is 2. The summed E-state index contributed by atoms with van der Waals surface area (Å²) in [5, 5.41) is 10.1. The number of carbonyl (C=O) groups excluding carboxylic acids is 2. The zero-order chi connectivity index (χ0) is 14.7. The van der Waals surface area contributed by atoms with E-state index in [1.54, 1.807) is 24.3 Å². The van der Waals surface area contributed by atoms with Crippen LogP contribution in [-0.2, 0) is 19.1 Å². The summed E-state index contributed by atoms with van der Waals surface area (Å²) in [6.07, 6.45) is 1.22. The van der Waals surface area contributed by atoms with Crippen molar-refractivity contribution < 1.29 is 24.2 Å². The highest BCUT2D eigenvalue weighted by molar-refractivity contribution is 8.04. The summed E-state index contributed by atoms with van der Waals surface area (Å²) in [7, 11) is 2.43. The fraction of sp³-hybridized carbons (Fsp3) is 0.143. The first-order valence-corrected chi connectivity index (χ1v) is 6.49. The Morgan fingerprint density at radius 3 is 2.40 bits per heavy atom. The standard InChI is InChI=1S/C14H12O5S/c1-18-13(16)9-7-10(15)8-5-3-4-6-11(8)20-12(9)14(17)19-2/h3-7,15H,1-2H3. The molecule has 0 atom stereocenters. The highest BCUT2D eigenvalue weighted by atomic mass is 32.2. The zero-order valence-electron chi connectivity index (χ0n) is 10.9. The van der Waals surface area contributed by atoms with Crippen molar-refractivity contribution >= 4 is 29.5 Å². The van der Waals surface area contributed by atoms with E-state index in [2.05, 4.69) is 9.47 Å². The van der Waals surface area contributed by atoms with E-state index < -0.39 is 11.9 Å². The van der Waals surface area contributed by atoms with E-state index >= 15 is 0 Å². The first kappa shape index (κ1) is 14.2. The molecule has 0 radical (unpaired) electrons. The first-order chi connectivity index (χ1) is 9.58. The number of rotatable bonds is 2. The molecule has 0 amide bonds.